The van der Waals surface area contributed by atoms with Crippen molar-refractivity contribution < 1.29 is 9.90 Å². The van der Waals surface area contributed by atoms with Crippen LogP contribution in [0, 0.1) is 0 Å². The van der Waals surface area contributed by atoms with Gasteiger partial charge in [-0.05, 0) is 19.1 Å². The molecule has 0 spiro atoms. The minimum absolute atomic E-state index is 0.0108. The molecule has 1 atom stereocenters. The third-order valence-corrected chi connectivity index (χ3v) is 4.12. The van der Waals surface area contributed by atoms with Gasteiger partial charge >= 0.3 is 5.97 Å². The number of aliphatic carboxylic acids is 1. The average Bonchev–Trinajstić information content (AvgIpc) is 2.80. The lowest BCUT2D eigenvalue weighted by Gasteiger charge is -2.24. The highest BCUT2D eigenvalue weighted by atomic mass is 32.1. The Hall–Kier alpha value is -1.72. The second-order valence-electron chi connectivity index (χ2n) is 4.31. The second-order valence-corrected chi connectivity index (χ2v) is 5.37. The van der Waals surface area contributed by atoms with Gasteiger partial charge < -0.3 is 5.11 Å². The fourth-order valence-corrected chi connectivity index (χ4v) is 2.98. The summed E-state index contributed by atoms with van der Waals surface area (Å²) in [6.45, 7) is 6.17. The van der Waals surface area contributed by atoms with E-state index in [0.717, 1.165) is 15.2 Å². The third kappa shape index (κ3) is 3.19. The van der Waals surface area contributed by atoms with Gasteiger partial charge in [-0.15, -0.1) is 17.9 Å². The van der Waals surface area contributed by atoms with Crippen LogP contribution in [0.15, 0.2) is 36.9 Å². The highest BCUT2D eigenvalue weighted by Gasteiger charge is 2.20. The van der Waals surface area contributed by atoms with E-state index >= 15 is 0 Å². The van der Waals surface area contributed by atoms with Crippen LogP contribution < -0.4 is 0 Å². The van der Waals surface area contributed by atoms with Crippen molar-refractivity contribution in [1.29, 1.82) is 0 Å². The first kappa shape index (κ1) is 13.7. The summed E-state index contributed by atoms with van der Waals surface area (Å²) < 4.78 is 1.12. The maximum Gasteiger partial charge on any atom is 0.317 e. The first-order chi connectivity index (χ1) is 9.11. The standard InChI is InChI=1S/C14H16N2O2S/c1-3-8-16(9-13(17)18)10(2)14-15-11-6-4-5-7-12(11)19-14/h3-7,10H,1,8-9H2,2H3,(H,17,18). The smallest absolute Gasteiger partial charge is 0.317 e. The second kappa shape index (κ2) is 5.95. The van der Waals surface area contributed by atoms with Crippen molar-refractivity contribution in [2.45, 2.75) is 13.0 Å². The largest absolute Gasteiger partial charge is 0.480 e. The molecule has 1 aromatic heterocycles. The maximum absolute atomic E-state index is 10.9. The van der Waals surface area contributed by atoms with Crippen LogP contribution in [-0.4, -0.2) is 34.0 Å². The van der Waals surface area contributed by atoms with Crippen molar-refractivity contribution in [1.82, 2.24) is 9.88 Å². The first-order valence-corrected chi connectivity index (χ1v) is 6.85. The zero-order valence-corrected chi connectivity index (χ0v) is 11.6. The van der Waals surface area contributed by atoms with Crippen LogP contribution in [0.2, 0.25) is 0 Å². The van der Waals surface area contributed by atoms with Crippen molar-refractivity contribution in [3.63, 3.8) is 0 Å². The van der Waals surface area contributed by atoms with Gasteiger partial charge in [-0.3, -0.25) is 9.69 Å². The molecule has 1 aromatic carbocycles. The van der Waals surface area contributed by atoms with Crippen LogP contribution in [0.4, 0.5) is 0 Å². The summed E-state index contributed by atoms with van der Waals surface area (Å²) >= 11 is 1.61. The Morgan fingerprint density at radius 2 is 2.32 bits per heavy atom. The van der Waals surface area contributed by atoms with E-state index in [0.29, 0.717) is 6.54 Å². The average molecular weight is 276 g/mol. The van der Waals surface area contributed by atoms with E-state index in [-0.39, 0.29) is 12.6 Å². The minimum Gasteiger partial charge on any atom is -0.480 e. The molecule has 0 fully saturated rings. The summed E-state index contributed by atoms with van der Waals surface area (Å²) in [5.41, 5.74) is 0.961. The SMILES string of the molecule is C=CCN(CC(=O)O)C(C)c1nc2ccccc2s1. The Labute approximate surface area is 116 Å². The number of carboxylic acid groups (broad SMARTS) is 1. The number of fused-ring (bicyclic) bond motifs is 1. The Kier molecular flexibility index (Phi) is 4.29. The van der Waals surface area contributed by atoms with Crippen LogP contribution in [0.5, 0.6) is 0 Å². The molecule has 19 heavy (non-hydrogen) atoms. The summed E-state index contributed by atoms with van der Waals surface area (Å²) in [7, 11) is 0. The highest BCUT2D eigenvalue weighted by Crippen LogP contribution is 2.29. The molecule has 0 saturated carbocycles. The van der Waals surface area contributed by atoms with E-state index in [1.807, 2.05) is 36.1 Å². The molecule has 1 heterocycles. The molecule has 0 aliphatic rings. The number of rotatable bonds is 6. The summed E-state index contributed by atoms with van der Waals surface area (Å²) in [5.74, 6) is -0.838. The zero-order valence-electron chi connectivity index (χ0n) is 10.7. The van der Waals surface area contributed by atoms with Crippen LogP contribution in [-0.2, 0) is 4.79 Å². The molecule has 0 amide bonds. The monoisotopic (exact) mass is 276 g/mol. The van der Waals surface area contributed by atoms with Gasteiger partial charge in [-0.2, -0.15) is 0 Å². The van der Waals surface area contributed by atoms with Gasteiger partial charge in [0.1, 0.15) is 5.01 Å². The van der Waals surface area contributed by atoms with E-state index in [2.05, 4.69) is 11.6 Å². The van der Waals surface area contributed by atoms with Gasteiger partial charge in [-0.1, -0.05) is 18.2 Å². The third-order valence-electron chi connectivity index (χ3n) is 2.92. The number of benzene rings is 1. The number of thiazole rings is 1. The van der Waals surface area contributed by atoms with Crippen molar-refractivity contribution in [3.8, 4) is 0 Å². The Balaban J connectivity index is 2.26. The number of hydrogen-bond acceptors (Lipinski definition) is 4. The molecule has 0 saturated heterocycles. The fourth-order valence-electron chi connectivity index (χ4n) is 1.92. The molecule has 2 aromatic rings. The molecule has 0 bridgehead atoms. The van der Waals surface area contributed by atoms with E-state index in [4.69, 9.17) is 5.11 Å². The summed E-state index contributed by atoms with van der Waals surface area (Å²) in [6, 6.07) is 7.89. The predicted molar refractivity (Wildman–Crippen MR) is 77.4 cm³/mol. The van der Waals surface area contributed by atoms with Gasteiger partial charge in [0.15, 0.2) is 0 Å². The molecule has 100 valence electrons. The van der Waals surface area contributed by atoms with E-state index in [1.54, 1.807) is 17.4 Å². The Morgan fingerprint density at radius 1 is 1.58 bits per heavy atom. The van der Waals surface area contributed by atoms with Crippen LogP contribution in [0.1, 0.15) is 18.0 Å². The molecule has 0 aliphatic heterocycles. The first-order valence-electron chi connectivity index (χ1n) is 6.04. The lowest BCUT2D eigenvalue weighted by Crippen LogP contribution is -2.32. The van der Waals surface area contributed by atoms with E-state index in [9.17, 15) is 4.79 Å². The topological polar surface area (TPSA) is 53.4 Å². The van der Waals surface area contributed by atoms with Crippen molar-refractivity contribution in [3.05, 3.63) is 41.9 Å². The fraction of sp³-hybridized carbons (Fsp3) is 0.286. The van der Waals surface area contributed by atoms with Crippen LogP contribution in [0.25, 0.3) is 10.2 Å². The number of para-hydroxylation sites is 1. The van der Waals surface area contributed by atoms with Gasteiger partial charge in [0, 0.05) is 6.54 Å². The van der Waals surface area contributed by atoms with Crippen molar-refractivity contribution in [2.24, 2.45) is 0 Å². The van der Waals surface area contributed by atoms with Crippen molar-refractivity contribution >= 4 is 27.5 Å². The number of carboxylic acids is 1. The number of carbonyl (C=O) groups is 1. The molecule has 0 aliphatic carbocycles. The Bertz CT molecular complexity index is 561. The normalized spacial score (nSPS) is 12.7. The number of aromatic nitrogens is 1. The summed E-state index contributed by atoms with van der Waals surface area (Å²) in [5, 5.41) is 9.89. The van der Waals surface area contributed by atoms with Gasteiger partial charge in [0.2, 0.25) is 0 Å². The maximum atomic E-state index is 10.9. The van der Waals surface area contributed by atoms with E-state index < -0.39 is 5.97 Å². The number of hydrogen-bond donors (Lipinski definition) is 1. The molecule has 5 heteroatoms. The zero-order chi connectivity index (χ0) is 13.8. The molecular weight excluding hydrogens is 260 g/mol. The predicted octanol–water partition coefficient (Wildman–Crippen LogP) is 2.93. The molecule has 1 N–H and O–H groups in total. The van der Waals surface area contributed by atoms with Crippen LogP contribution in [0.3, 0.4) is 0 Å². The van der Waals surface area contributed by atoms with E-state index in [1.165, 1.54) is 0 Å². The summed E-state index contributed by atoms with van der Waals surface area (Å²) in [4.78, 5) is 17.3. The number of nitrogens with zero attached hydrogens (tertiary/aromatic N) is 2. The van der Waals surface area contributed by atoms with Gasteiger partial charge in [0.25, 0.3) is 0 Å². The quantitative estimate of drug-likeness (QED) is 0.824. The highest BCUT2D eigenvalue weighted by molar-refractivity contribution is 7.18. The van der Waals surface area contributed by atoms with Gasteiger partial charge in [0.05, 0.1) is 22.8 Å². The van der Waals surface area contributed by atoms with Crippen LogP contribution >= 0.6 is 11.3 Å². The summed E-state index contributed by atoms with van der Waals surface area (Å²) in [6.07, 6.45) is 1.72. The molecule has 2 rings (SSSR count). The molecule has 0 radical (unpaired) electrons. The Morgan fingerprint density at radius 3 is 2.95 bits per heavy atom. The minimum atomic E-state index is -0.838. The lowest BCUT2D eigenvalue weighted by atomic mass is 10.3. The van der Waals surface area contributed by atoms with Crippen molar-refractivity contribution in [2.75, 3.05) is 13.1 Å². The molecule has 4 nitrogen and oxygen atoms in total. The molecular formula is C14H16N2O2S. The lowest BCUT2D eigenvalue weighted by molar-refractivity contribution is -0.138. The van der Waals surface area contributed by atoms with Gasteiger partial charge in [-0.25, -0.2) is 4.98 Å². The molecule has 1 unspecified atom stereocenters.